The van der Waals surface area contributed by atoms with E-state index >= 15 is 0 Å². The van der Waals surface area contributed by atoms with Gasteiger partial charge in [0.15, 0.2) is 0 Å². The molecule has 0 aromatic heterocycles. The van der Waals surface area contributed by atoms with Crippen molar-refractivity contribution in [1.82, 2.24) is 5.32 Å². The number of anilines is 2. The van der Waals surface area contributed by atoms with Crippen LogP contribution in [0.15, 0.2) is 65.9 Å². The zero-order chi connectivity index (χ0) is 20.3. The number of amides is 2. The van der Waals surface area contributed by atoms with Gasteiger partial charge in [0.05, 0.1) is 23.9 Å². The van der Waals surface area contributed by atoms with Crippen molar-refractivity contribution >= 4 is 23.4 Å². The van der Waals surface area contributed by atoms with Crippen LogP contribution in [0, 0.1) is 0 Å². The van der Waals surface area contributed by atoms with Gasteiger partial charge in [-0.3, -0.25) is 4.90 Å². The molecule has 2 aromatic carbocycles. The van der Waals surface area contributed by atoms with Crippen molar-refractivity contribution in [3.8, 4) is 0 Å². The highest BCUT2D eigenvalue weighted by Crippen LogP contribution is 2.34. The molecule has 1 aliphatic heterocycles. The molecule has 1 N–H and O–H groups in total. The predicted octanol–water partition coefficient (Wildman–Crippen LogP) is 3.86. The van der Waals surface area contributed by atoms with E-state index in [9.17, 15) is 9.59 Å². The lowest BCUT2D eigenvalue weighted by Gasteiger charge is -2.35. The highest BCUT2D eigenvalue weighted by atomic mass is 16.5. The number of urea groups is 1. The molecule has 1 atom stereocenters. The van der Waals surface area contributed by atoms with Gasteiger partial charge in [-0.15, -0.1) is 0 Å². The minimum atomic E-state index is -0.567. The molecule has 1 aliphatic rings. The van der Waals surface area contributed by atoms with Crippen LogP contribution in [-0.4, -0.2) is 32.7 Å². The van der Waals surface area contributed by atoms with Gasteiger partial charge in [-0.1, -0.05) is 30.3 Å². The molecular formula is C22H25N3O3. The second kappa shape index (κ2) is 8.17. The van der Waals surface area contributed by atoms with Gasteiger partial charge in [0.2, 0.25) is 0 Å². The second-order valence-corrected chi connectivity index (χ2v) is 6.76. The third kappa shape index (κ3) is 3.71. The van der Waals surface area contributed by atoms with E-state index in [2.05, 4.69) is 5.32 Å². The summed E-state index contributed by atoms with van der Waals surface area (Å²) in [6.07, 6.45) is 0. The molecule has 0 aliphatic carbocycles. The fourth-order valence-corrected chi connectivity index (χ4v) is 3.32. The largest absolute Gasteiger partial charge is 0.463 e. The Balaban J connectivity index is 2.08. The first-order valence-electron chi connectivity index (χ1n) is 9.25. The number of nitrogens with zero attached hydrogens (tertiary/aromatic N) is 2. The number of rotatable bonds is 5. The van der Waals surface area contributed by atoms with Crippen LogP contribution in [-0.2, 0) is 9.53 Å². The van der Waals surface area contributed by atoms with E-state index in [-0.39, 0.29) is 12.6 Å². The highest BCUT2D eigenvalue weighted by Gasteiger charge is 2.37. The Kier molecular flexibility index (Phi) is 5.68. The van der Waals surface area contributed by atoms with Crippen molar-refractivity contribution in [1.29, 1.82) is 0 Å². The predicted molar refractivity (Wildman–Crippen MR) is 110 cm³/mol. The first-order chi connectivity index (χ1) is 13.4. The number of para-hydroxylation sites is 1. The van der Waals surface area contributed by atoms with Gasteiger partial charge < -0.3 is 15.0 Å². The smallest absolute Gasteiger partial charge is 0.338 e. The van der Waals surface area contributed by atoms with Gasteiger partial charge in [0.25, 0.3) is 0 Å². The summed E-state index contributed by atoms with van der Waals surface area (Å²) >= 11 is 0. The molecule has 6 heteroatoms. The number of hydrogen-bond donors (Lipinski definition) is 1. The third-order valence-electron chi connectivity index (χ3n) is 4.74. The van der Waals surface area contributed by atoms with E-state index in [1.54, 1.807) is 13.8 Å². The molecule has 1 unspecified atom stereocenters. The Morgan fingerprint density at radius 3 is 2.32 bits per heavy atom. The summed E-state index contributed by atoms with van der Waals surface area (Å²) < 4.78 is 5.30. The first-order valence-corrected chi connectivity index (χ1v) is 9.25. The molecule has 0 saturated carbocycles. The molecule has 3 rings (SSSR count). The Morgan fingerprint density at radius 2 is 1.75 bits per heavy atom. The summed E-state index contributed by atoms with van der Waals surface area (Å²) in [7, 11) is 3.92. The number of carbonyl (C=O) groups is 2. The molecule has 0 saturated heterocycles. The summed E-state index contributed by atoms with van der Waals surface area (Å²) in [4.78, 5) is 29.2. The molecule has 28 heavy (non-hydrogen) atoms. The minimum absolute atomic E-state index is 0.265. The summed E-state index contributed by atoms with van der Waals surface area (Å²) in [6, 6.07) is 16.2. The maximum atomic E-state index is 12.9. The number of ether oxygens (including phenoxy) is 1. The van der Waals surface area contributed by atoms with Crippen molar-refractivity contribution in [2.45, 2.75) is 19.9 Å². The Bertz CT molecular complexity index is 889. The van der Waals surface area contributed by atoms with Gasteiger partial charge in [-0.2, -0.15) is 0 Å². The maximum Gasteiger partial charge on any atom is 0.338 e. The first kappa shape index (κ1) is 19.5. The fraction of sp³-hybridized carbons (Fsp3) is 0.273. The quantitative estimate of drug-likeness (QED) is 0.802. The lowest BCUT2D eigenvalue weighted by atomic mass is 9.94. The minimum Gasteiger partial charge on any atom is -0.463 e. The standard InChI is InChI=1S/C22H25N3O3/c1-5-28-21(26)19-15(2)25(18-9-7-6-8-10-18)22(27)23-20(19)16-11-13-17(14-12-16)24(3)4/h6-14,20H,5H2,1-4H3,(H,23,27). The molecule has 0 radical (unpaired) electrons. The van der Waals surface area contributed by atoms with Crippen molar-refractivity contribution < 1.29 is 14.3 Å². The number of esters is 1. The molecule has 2 aromatic rings. The van der Waals surface area contributed by atoms with Gasteiger partial charge >= 0.3 is 12.0 Å². The van der Waals surface area contributed by atoms with E-state index < -0.39 is 12.0 Å². The Hall–Kier alpha value is -3.28. The zero-order valence-electron chi connectivity index (χ0n) is 16.6. The van der Waals surface area contributed by atoms with E-state index in [4.69, 9.17) is 4.74 Å². The average Bonchev–Trinajstić information content (AvgIpc) is 2.68. The maximum absolute atomic E-state index is 12.9. The normalized spacial score (nSPS) is 16.6. The molecule has 146 valence electrons. The lowest BCUT2D eigenvalue weighted by Crippen LogP contribution is -2.48. The topological polar surface area (TPSA) is 61.9 Å². The van der Waals surface area contributed by atoms with E-state index in [0.29, 0.717) is 17.0 Å². The third-order valence-corrected chi connectivity index (χ3v) is 4.74. The average molecular weight is 379 g/mol. The number of carbonyl (C=O) groups excluding carboxylic acids is 2. The number of benzene rings is 2. The van der Waals surface area contributed by atoms with Crippen LogP contribution in [0.3, 0.4) is 0 Å². The zero-order valence-corrected chi connectivity index (χ0v) is 16.6. The number of hydrogen-bond acceptors (Lipinski definition) is 4. The van der Waals surface area contributed by atoms with E-state index in [1.165, 1.54) is 4.90 Å². The van der Waals surface area contributed by atoms with Gasteiger partial charge in [0, 0.05) is 25.5 Å². The van der Waals surface area contributed by atoms with Crippen LogP contribution in [0.1, 0.15) is 25.5 Å². The molecule has 0 fully saturated rings. The van der Waals surface area contributed by atoms with Crippen molar-refractivity contribution in [3.63, 3.8) is 0 Å². The van der Waals surface area contributed by atoms with E-state index in [1.807, 2.05) is 73.6 Å². The molecular weight excluding hydrogens is 354 g/mol. The number of nitrogens with one attached hydrogen (secondary N) is 1. The molecule has 0 bridgehead atoms. The van der Waals surface area contributed by atoms with Gasteiger partial charge in [-0.25, -0.2) is 9.59 Å². The van der Waals surface area contributed by atoms with E-state index in [0.717, 1.165) is 11.3 Å². The Labute approximate surface area is 165 Å². The second-order valence-electron chi connectivity index (χ2n) is 6.76. The lowest BCUT2D eigenvalue weighted by molar-refractivity contribution is -0.139. The summed E-state index contributed by atoms with van der Waals surface area (Å²) in [5.41, 5.74) is 3.56. The van der Waals surface area contributed by atoms with Crippen molar-refractivity contribution in [2.24, 2.45) is 0 Å². The fourth-order valence-electron chi connectivity index (χ4n) is 3.32. The summed E-state index contributed by atoms with van der Waals surface area (Å²) in [5, 5.41) is 2.96. The molecule has 6 nitrogen and oxygen atoms in total. The highest BCUT2D eigenvalue weighted by molar-refractivity contribution is 6.03. The van der Waals surface area contributed by atoms with Crippen molar-refractivity contribution in [3.05, 3.63) is 71.4 Å². The van der Waals surface area contributed by atoms with Gasteiger partial charge in [0.1, 0.15) is 0 Å². The van der Waals surface area contributed by atoms with Gasteiger partial charge in [-0.05, 0) is 43.7 Å². The molecule has 2 amide bonds. The van der Waals surface area contributed by atoms with Crippen LogP contribution in [0.2, 0.25) is 0 Å². The SMILES string of the molecule is CCOC(=O)C1=C(C)N(c2ccccc2)C(=O)NC1c1ccc(N(C)C)cc1. The molecule has 1 heterocycles. The van der Waals surface area contributed by atoms with Crippen molar-refractivity contribution in [2.75, 3.05) is 30.5 Å². The summed E-state index contributed by atoms with van der Waals surface area (Å²) in [5.74, 6) is -0.428. The summed E-state index contributed by atoms with van der Waals surface area (Å²) in [6.45, 7) is 3.81. The molecule has 0 spiro atoms. The monoisotopic (exact) mass is 379 g/mol. The van der Waals surface area contributed by atoms with Crippen LogP contribution in [0.4, 0.5) is 16.2 Å². The van der Waals surface area contributed by atoms with Crippen LogP contribution in [0.5, 0.6) is 0 Å². The Morgan fingerprint density at radius 1 is 1.11 bits per heavy atom. The number of allylic oxidation sites excluding steroid dienone is 1. The van der Waals surface area contributed by atoms with Crippen LogP contribution in [0.25, 0.3) is 0 Å². The van der Waals surface area contributed by atoms with Crippen LogP contribution < -0.4 is 15.1 Å². The van der Waals surface area contributed by atoms with Crippen LogP contribution >= 0.6 is 0 Å².